The van der Waals surface area contributed by atoms with E-state index in [0.717, 1.165) is 0 Å². The summed E-state index contributed by atoms with van der Waals surface area (Å²) in [6.45, 7) is 4.59. The van der Waals surface area contributed by atoms with Crippen LogP contribution in [0.15, 0.2) is 34.7 Å². The molecule has 0 aliphatic carbocycles. The van der Waals surface area contributed by atoms with E-state index in [1.807, 2.05) is 0 Å². The molecule has 18 heavy (non-hydrogen) atoms. The van der Waals surface area contributed by atoms with Crippen molar-refractivity contribution in [2.75, 3.05) is 6.54 Å². The Bertz CT molecular complexity index is 598. The van der Waals surface area contributed by atoms with Crippen LogP contribution in [0.4, 0.5) is 5.69 Å². The quantitative estimate of drug-likeness (QED) is 0.663. The third-order valence-electron chi connectivity index (χ3n) is 2.20. The van der Waals surface area contributed by atoms with Crippen LogP contribution in [0.3, 0.4) is 0 Å². The van der Waals surface area contributed by atoms with Gasteiger partial charge in [-0.25, -0.2) is 13.1 Å². The average Bonchev–Trinajstić information content (AvgIpc) is 2.26. The molecule has 8 heteroatoms. The average molecular weight is 291 g/mol. The van der Waals surface area contributed by atoms with E-state index in [9.17, 15) is 18.5 Å². The van der Waals surface area contributed by atoms with Gasteiger partial charge in [0.1, 0.15) is 0 Å². The van der Waals surface area contributed by atoms with E-state index < -0.39 is 14.9 Å². The van der Waals surface area contributed by atoms with Gasteiger partial charge in [-0.05, 0) is 13.0 Å². The normalized spacial score (nSPS) is 11.2. The molecule has 0 heterocycles. The van der Waals surface area contributed by atoms with Crippen molar-refractivity contribution in [1.29, 1.82) is 0 Å². The lowest BCUT2D eigenvalue weighted by molar-refractivity contribution is -0.385. The molecule has 1 aromatic carbocycles. The van der Waals surface area contributed by atoms with E-state index in [4.69, 9.17) is 11.6 Å². The van der Waals surface area contributed by atoms with Crippen LogP contribution in [0.25, 0.3) is 0 Å². The lowest BCUT2D eigenvalue weighted by Gasteiger charge is -2.08. The summed E-state index contributed by atoms with van der Waals surface area (Å²) in [6, 6.07) is 3.85. The van der Waals surface area contributed by atoms with Crippen LogP contribution < -0.4 is 4.72 Å². The largest absolute Gasteiger partial charge is 0.273 e. The molecule has 6 nitrogen and oxygen atoms in total. The topological polar surface area (TPSA) is 89.3 Å². The van der Waals surface area contributed by atoms with E-state index in [1.54, 1.807) is 0 Å². The molecule has 0 aromatic heterocycles. The van der Waals surface area contributed by atoms with Crippen LogP contribution in [0, 0.1) is 17.0 Å². The van der Waals surface area contributed by atoms with Crippen LogP contribution in [-0.2, 0) is 10.0 Å². The smallest absolute Gasteiger partial charge is 0.258 e. The summed E-state index contributed by atoms with van der Waals surface area (Å²) >= 11 is 5.46. The molecule has 0 aliphatic heterocycles. The number of sulfonamides is 1. The Kier molecular flexibility index (Phi) is 4.44. The molecular weight excluding hydrogens is 280 g/mol. The van der Waals surface area contributed by atoms with Crippen LogP contribution in [0.1, 0.15) is 5.56 Å². The molecule has 0 fully saturated rings. The van der Waals surface area contributed by atoms with Crippen molar-refractivity contribution < 1.29 is 13.3 Å². The van der Waals surface area contributed by atoms with E-state index in [2.05, 4.69) is 11.3 Å². The third-order valence-corrected chi connectivity index (χ3v) is 3.88. The van der Waals surface area contributed by atoms with Crippen molar-refractivity contribution in [2.24, 2.45) is 0 Å². The first-order valence-electron chi connectivity index (χ1n) is 4.82. The molecule has 0 spiro atoms. The fourth-order valence-corrected chi connectivity index (χ4v) is 2.77. The zero-order valence-electron chi connectivity index (χ0n) is 9.51. The Labute approximate surface area is 109 Å². The van der Waals surface area contributed by atoms with E-state index >= 15 is 0 Å². The highest BCUT2D eigenvalue weighted by molar-refractivity contribution is 7.89. The van der Waals surface area contributed by atoms with Crippen molar-refractivity contribution in [3.05, 3.63) is 45.5 Å². The highest BCUT2D eigenvalue weighted by Crippen LogP contribution is 2.24. The summed E-state index contributed by atoms with van der Waals surface area (Å²) in [5.41, 5.74) is -0.169. The second-order valence-corrected chi connectivity index (χ2v) is 5.77. The van der Waals surface area contributed by atoms with Crippen LogP contribution >= 0.6 is 11.6 Å². The van der Waals surface area contributed by atoms with Gasteiger partial charge in [0.15, 0.2) is 0 Å². The number of benzene rings is 1. The number of nitro groups is 1. The maximum atomic E-state index is 11.9. The molecule has 98 valence electrons. The number of hydrogen-bond acceptors (Lipinski definition) is 4. The molecule has 0 amide bonds. The minimum absolute atomic E-state index is 0.0789. The number of nitrogens with zero attached hydrogens (tertiary/aromatic N) is 1. The molecule has 0 saturated heterocycles. The van der Waals surface area contributed by atoms with Gasteiger partial charge in [-0.15, -0.1) is 0 Å². The Morgan fingerprint density at radius 1 is 1.56 bits per heavy atom. The molecule has 0 radical (unpaired) electrons. The minimum Gasteiger partial charge on any atom is -0.258 e. The molecule has 0 aliphatic rings. The maximum absolute atomic E-state index is 11.9. The van der Waals surface area contributed by atoms with Crippen molar-refractivity contribution in [3.63, 3.8) is 0 Å². The highest BCUT2D eigenvalue weighted by atomic mass is 35.5. The van der Waals surface area contributed by atoms with Gasteiger partial charge >= 0.3 is 0 Å². The minimum atomic E-state index is -3.84. The highest BCUT2D eigenvalue weighted by Gasteiger charge is 2.22. The van der Waals surface area contributed by atoms with Crippen LogP contribution in [-0.4, -0.2) is 19.9 Å². The van der Waals surface area contributed by atoms with Gasteiger partial charge < -0.3 is 0 Å². The van der Waals surface area contributed by atoms with E-state index in [0.29, 0.717) is 0 Å². The Balaban J connectivity index is 3.21. The van der Waals surface area contributed by atoms with Gasteiger partial charge in [0.05, 0.1) is 9.82 Å². The first kappa shape index (κ1) is 14.6. The zero-order valence-corrected chi connectivity index (χ0v) is 11.1. The van der Waals surface area contributed by atoms with Gasteiger partial charge in [-0.3, -0.25) is 10.1 Å². The van der Waals surface area contributed by atoms with Gasteiger partial charge in [-0.2, -0.15) is 0 Å². The zero-order chi connectivity index (χ0) is 13.9. The standard InChI is InChI=1S/C10H11ClN2O4S/c1-7(11)6-12-18(16,17)10-5-3-4-9(8(10)2)13(14)15/h3-5,12H,1,6H2,2H3. The lowest BCUT2D eigenvalue weighted by atomic mass is 10.2. The monoisotopic (exact) mass is 290 g/mol. The molecule has 1 rings (SSSR count). The molecule has 0 bridgehead atoms. The fourth-order valence-electron chi connectivity index (χ4n) is 1.34. The van der Waals surface area contributed by atoms with Crippen LogP contribution in [0.2, 0.25) is 0 Å². The molecule has 0 saturated carbocycles. The number of nitrogens with one attached hydrogen (secondary N) is 1. The Hall–Kier alpha value is -1.44. The second-order valence-electron chi connectivity index (χ2n) is 3.50. The predicted octanol–water partition coefficient (Wildman–Crippen LogP) is 1.93. The number of hydrogen-bond donors (Lipinski definition) is 1. The number of nitro benzene ring substituents is 1. The molecule has 1 aromatic rings. The van der Waals surface area contributed by atoms with Crippen molar-refractivity contribution in [3.8, 4) is 0 Å². The first-order valence-corrected chi connectivity index (χ1v) is 6.69. The Morgan fingerprint density at radius 3 is 2.67 bits per heavy atom. The van der Waals surface area contributed by atoms with Crippen molar-refractivity contribution in [1.82, 2.24) is 4.72 Å². The van der Waals surface area contributed by atoms with Gasteiger partial charge in [-0.1, -0.05) is 24.2 Å². The van der Waals surface area contributed by atoms with Gasteiger partial charge in [0, 0.05) is 23.2 Å². The molecule has 1 N–H and O–H groups in total. The molecule has 0 unspecified atom stereocenters. The third kappa shape index (κ3) is 3.28. The van der Waals surface area contributed by atoms with Crippen LogP contribution in [0.5, 0.6) is 0 Å². The second kappa shape index (κ2) is 5.47. The number of rotatable bonds is 5. The first-order chi connectivity index (χ1) is 8.25. The molecule has 0 atom stereocenters. The predicted molar refractivity (Wildman–Crippen MR) is 68.0 cm³/mol. The fraction of sp³-hybridized carbons (Fsp3) is 0.200. The summed E-state index contributed by atoms with van der Waals surface area (Å²) in [7, 11) is -3.84. The van der Waals surface area contributed by atoms with Crippen molar-refractivity contribution >= 4 is 27.3 Å². The van der Waals surface area contributed by atoms with E-state index in [1.165, 1.54) is 25.1 Å². The summed E-state index contributed by atoms with van der Waals surface area (Å²) in [6.07, 6.45) is 0. The molecular formula is C10H11ClN2O4S. The SMILES string of the molecule is C=C(Cl)CNS(=O)(=O)c1cccc([N+](=O)[O-])c1C. The summed E-state index contributed by atoms with van der Waals surface area (Å²) in [5.74, 6) is 0. The summed E-state index contributed by atoms with van der Waals surface area (Å²) in [4.78, 5) is 9.95. The Morgan fingerprint density at radius 2 is 2.17 bits per heavy atom. The van der Waals surface area contributed by atoms with Gasteiger partial charge in [0.25, 0.3) is 5.69 Å². The number of halogens is 1. The summed E-state index contributed by atoms with van der Waals surface area (Å²) in [5, 5.41) is 10.8. The maximum Gasteiger partial charge on any atom is 0.273 e. The summed E-state index contributed by atoms with van der Waals surface area (Å²) < 4.78 is 26.0. The van der Waals surface area contributed by atoms with Crippen molar-refractivity contribution in [2.45, 2.75) is 11.8 Å². The van der Waals surface area contributed by atoms with E-state index in [-0.39, 0.29) is 27.7 Å². The van der Waals surface area contributed by atoms with Gasteiger partial charge in [0.2, 0.25) is 10.0 Å². The lowest BCUT2D eigenvalue weighted by Crippen LogP contribution is -2.25.